The molecule has 0 saturated heterocycles. The molecule has 1 saturated carbocycles. The van der Waals surface area contributed by atoms with Gasteiger partial charge in [0.05, 0.1) is 0 Å². The Morgan fingerprint density at radius 1 is 1.40 bits per heavy atom. The molecule has 0 radical (unpaired) electrons. The molecule has 3 nitrogen and oxygen atoms in total. The summed E-state index contributed by atoms with van der Waals surface area (Å²) in [7, 11) is -1.20. The molecule has 1 aliphatic rings. The van der Waals surface area contributed by atoms with Crippen molar-refractivity contribution in [3.05, 3.63) is 0 Å². The van der Waals surface area contributed by atoms with Gasteiger partial charge in [-0.05, 0) is 38.5 Å². The van der Waals surface area contributed by atoms with Crippen molar-refractivity contribution in [2.75, 3.05) is 0 Å². The fourth-order valence-electron chi connectivity index (χ4n) is 2.16. The summed E-state index contributed by atoms with van der Waals surface area (Å²) in [5.41, 5.74) is 0. The van der Waals surface area contributed by atoms with E-state index in [-0.39, 0.29) is 5.25 Å². The number of hydrogen-bond donors (Lipinski definition) is 1. The summed E-state index contributed by atoms with van der Waals surface area (Å²) in [5.74, 6) is -0.177. The van der Waals surface area contributed by atoms with Gasteiger partial charge in [0.25, 0.3) is 0 Å². The zero-order chi connectivity index (χ0) is 11.4. The van der Waals surface area contributed by atoms with Crippen molar-refractivity contribution in [1.82, 2.24) is 0 Å². The third kappa shape index (κ3) is 3.30. The van der Waals surface area contributed by atoms with Gasteiger partial charge in [0.15, 0.2) is 0 Å². The molecule has 0 spiro atoms. The highest BCUT2D eigenvalue weighted by Gasteiger charge is 2.30. The molecular formula is C11H20O3S. The van der Waals surface area contributed by atoms with Crippen molar-refractivity contribution in [1.29, 1.82) is 0 Å². The van der Waals surface area contributed by atoms with Crippen LogP contribution in [-0.2, 0) is 15.6 Å². The first-order valence-electron chi connectivity index (χ1n) is 5.68. The van der Waals surface area contributed by atoms with Gasteiger partial charge in [0, 0.05) is 16.0 Å². The highest BCUT2D eigenvalue weighted by atomic mass is 32.2. The lowest BCUT2D eigenvalue weighted by molar-refractivity contribution is -0.136. The van der Waals surface area contributed by atoms with Crippen LogP contribution in [0.2, 0.25) is 0 Å². The minimum Gasteiger partial charge on any atom is -0.480 e. The fourth-order valence-corrected chi connectivity index (χ4v) is 3.67. The van der Waals surface area contributed by atoms with Crippen LogP contribution in [0.25, 0.3) is 0 Å². The summed E-state index contributed by atoms with van der Waals surface area (Å²) in [6.45, 7) is 3.73. The fraction of sp³-hybridized carbons (Fsp3) is 0.909. The number of carboxylic acid groups (broad SMARTS) is 1. The van der Waals surface area contributed by atoms with Gasteiger partial charge in [-0.15, -0.1) is 0 Å². The Kier molecular flexibility index (Phi) is 4.77. The zero-order valence-electron chi connectivity index (χ0n) is 9.44. The number of carboxylic acids is 1. The first-order chi connectivity index (χ1) is 7.06. The first kappa shape index (κ1) is 12.7. The van der Waals surface area contributed by atoms with Crippen LogP contribution in [0.1, 0.15) is 46.0 Å². The number of carbonyl (C=O) groups is 1. The Morgan fingerprint density at radius 2 is 1.93 bits per heavy atom. The maximum Gasteiger partial charge on any atom is 0.318 e. The van der Waals surface area contributed by atoms with Gasteiger partial charge in [0.2, 0.25) is 0 Å². The van der Waals surface area contributed by atoms with Crippen LogP contribution >= 0.6 is 0 Å². The van der Waals surface area contributed by atoms with Crippen LogP contribution in [0.4, 0.5) is 0 Å². The largest absolute Gasteiger partial charge is 0.480 e. The number of rotatable bonds is 4. The summed E-state index contributed by atoms with van der Waals surface area (Å²) in [6, 6.07) is 0. The lowest BCUT2D eigenvalue weighted by Gasteiger charge is -2.28. The second kappa shape index (κ2) is 5.64. The molecule has 88 valence electrons. The summed E-state index contributed by atoms with van der Waals surface area (Å²) in [4.78, 5) is 10.7. The molecule has 0 aromatic carbocycles. The van der Waals surface area contributed by atoms with Gasteiger partial charge >= 0.3 is 5.97 Å². The highest BCUT2D eigenvalue weighted by molar-refractivity contribution is 7.87. The molecule has 4 heteroatoms. The molecule has 0 heterocycles. The molecule has 1 aliphatic carbocycles. The molecule has 1 N–H and O–H groups in total. The predicted octanol–water partition coefficient (Wildman–Crippen LogP) is 2.18. The highest BCUT2D eigenvalue weighted by Crippen LogP contribution is 2.30. The van der Waals surface area contributed by atoms with E-state index in [1.807, 2.05) is 0 Å². The average molecular weight is 232 g/mol. The minimum absolute atomic E-state index is 0.110. The molecule has 0 amide bonds. The van der Waals surface area contributed by atoms with Crippen LogP contribution in [0, 0.1) is 5.92 Å². The normalized spacial score (nSPS) is 30.8. The molecule has 0 aromatic heterocycles. The van der Waals surface area contributed by atoms with E-state index in [0.717, 1.165) is 31.6 Å². The summed E-state index contributed by atoms with van der Waals surface area (Å²) in [6.07, 6.45) is 5.28. The molecule has 15 heavy (non-hydrogen) atoms. The SMILES string of the molecule is CCC1CCC(S(=O)C(C)C(=O)O)CC1. The van der Waals surface area contributed by atoms with Gasteiger partial charge < -0.3 is 5.11 Å². The quantitative estimate of drug-likeness (QED) is 0.808. The van der Waals surface area contributed by atoms with E-state index < -0.39 is 22.0 Å². The van der Waals surface area contributed by atoms with Crippen LogP contribution < -0.4 is 0 Å². The standard InChI is InChI=1S/C11H20O3S/c1-3-9-4-6-10(7-5-9)15(14)8(2)11(12)13/h8-10H,3-7H2,1-2H3,(H,12,13). The van der Waals surface area contributed by atoms with Crippen molar-refractivity contribution < 1.29 is 14.1 Å². The molecular weight excluding hydrogens is 212 g/mol. The van der Waals surface area contributed by atoms with E-state index >= 15 is 0 Å². The van der Waals surface area contributed by atoms with Crippen LogP contribution in [-0.4, -0.2) is 25.8 Å². The average Bonchev–Trinajstić information content (AvgIpc) is 2.27. The predicted molar refractivity (Wildman–Crippen MR) is 61.3 cm³/mol. The summed E-state index contributed by atoms with van der Waals surface area (Å²) >= 11 is 0. The Bertz CT molecular complexity index is 244. The second-order valence-electron chi connectivity index (χ2n) is 4.36. The summed E-state index contributed by atoms with van der Waals surface area (Å²) in [5, 5.41) is 8.18. The summed E-state index contributed by atoms with van der Waals surface area (Å²) < 4.78 is 11.9. The third-order valence-electron chi connectivity index (χ3n) is 3.40. The molecule has 1 fully saturated rings. The molecule has 0 aliphatic heterocycles. The Balaban J connectivity index is 2.46. The second-order valence-corrected chi connectivity index (χ2v) is 6.39. The maximum absolute atomic E-state index is 11.9. The lowest BCUT2D eigenvalue weighted by Crippen LogP contribution is -2.32. The Labute approximate surface area is 93.7 Å². The van der Waals surface area contributed by atoms with Crippen molar-refractivity contribution in [3.63, 3.8) is 0 Å². The van der Waals surface area contributed by atoms with Crippen molar-refractivity contribution in [3.8, 4) is 0 Å². The van der Waals surface area contributed by atoms with Crippen molar-refractivity contribution in [2.24, 2.45) is 5.92 Å². The van der Waals surface area contributed by atoms with Crippen molar-refractivity contribution in [2.45, 2.75) is 56.5 Å². The Morgan fingerprint density at radius 3 is 2.33 bits per heavy atom. The monoisotopic (exact) mass is 232 g/mol. The van der Waals surface area contributed by atoms with Gasteiger partial charge in [-0.25, -0.2) is 0 Å². The zero-order valence-corrected chi connectivity index (χ0v) is 10.3. The smallest absolute Gasteiger partial charge is 0.318 e. The van der Waals surface area contributed by atoms with E-state index in [4.69, 9.17) is 5.11 Å². The van der Waals surface area contributed by atoms with E-state index in [0.29, 0.717) is 0 Å². The lowest BCUT2D eigenvalue weighted by atomic mass is 9.87. The number of aliphatic carboxylic acids is 1. The molecule has 1 rings (SSSR count). The molecule has 2 atom stereocenters. The van der Waals surface area contributed by atoms with E-state index in [2.05, 4.69) is 6.92 Å². The van der Waals surface area contributed by atoms with E-state index in [1.54, 1.807) is 6.92 Å². The van der Waals surface area contributed by atoms with Gasteiger partial charge in [0.1, 0.15) is 5.25 Å². The first-order valence-corrected chi connectivity index (χ1v) is 6.96. The topological polar surface area (TPSA) is 54.4 Å². The molecule has 0 bridgehead atoms. The van der Waals surface area contributed by atoms with Gasteiger partial charge in [-0.2, -0.15) is 0 Å². The Hall–Kier alpha value is -0.380. The molecule has 0 aromatic rings. The maximum atomic E-state index is 11.9. The van der Waals surface area contributed by atoms with E-state index in [1.165, 1.54) is 6.42 Å². The number of hydrogen-bond acceptors (Lipinski definition) is 2. The minimum atomic E-state index is -1.20. The van der Waals surface area contributed by atoms with Crippen LogP contribution in [0.15, 0.2) is 0 Å². The van der Waals surface area contributed by atoms with E-state index in [9.17, 15) is 9.00 Å². The van der Waals surface area contributed by atoms with Gasteiger partial charge in [-0.3, -0.25) is 9.00 Å². The van der Waals surface area contributed by atoms with Crippen LogP contribution in [0.5, 0.6) is 0 Å². The molecule has 2 unspecified atom stereocenters. The van der Waals surface area contributed by atoms with Crippen LogP contribution in [0.3, 0.4) is 0 Å². The van der Waals surface area contributed by atoms with Gasteiger partial charge in [-0.1, -0.05) is 13.3 Å². The van der Waals surface area contributed by atoms with Crippen molar-refractivity contribution >= 4 is 16.8 Å². The third-order valence-corrected chi connectivity index (χ3v) is 5.42.